The molecule has 0 unspecified atom stereocenters. The first-order valence-electron chi connectivity index (χ1n) is 22.5. The van der Waals surface area contributed by atoms with Crippen molar-refractivity contribution in [2.24, 2.45) is 0 Å². The molecule has 0 rings (SSSR count). The van der Waals surface area contributed by atoms with E-state index in [2.05, 4.69) is 6.92 Å². The van der Waals surface area contributed by atoms with Crippen LogP contribution in [0.25, 0.3) is 0 Å². The van der Waals surface area contributed by atoms with Crippen LogP contribution in [0.2, 0.25) is 18.1 Å². The van der Waals surface area contributed by atoms with E-state index in [4.69, 9.17) is 37.3 Å². The molecular weight excluding hydrogens is 717 g/mol. The zero-order chi connectivity index (χ0) is 39.2. The SMILES string of the molecule is CCO[SiH2]CCCCCCCCCCCOCOC.COCOCCCCCCCCCCC[SiH2]OC.COCOCCCCCCCCCCC[SiH3]. The minimum absolute atomic E-state index is 0.159. The summed E-state index contributed by atoms with van der Waals surface area (Å²) < 4.78 is 40.8. The second-order valence-corrected chi connectivity index (χ2v) is 18.6. The summed E-state index contributed by atoms with van der Waals surface area (Å²) in [6, 6.07) is 4.22. The molecule has 0 aliphatic rings. The molecule has 0 heterocycles. The van der Waals surface area contributed by atoms with Gasteiger partial charge in [0.25, 0.3) is 0 Å². The summed E-state index contributed by atoms with van der Waals surface area (Å²) in [6.07, 6.45) is 37.0. The van der Waals surface area contributed by atoms with Crippen LogP contribution in [0.3, 0.4) is 0 Å². The molecular formula is C42H96O8Si3. The lowest BCUT2D eigenvalue weighted by Gasteiger charge is -2.04. The molecule has 0 aliphatic heterocycles. The summed E-state index contributed by atoms with van der Waals surface area (Å²) in [5.41, 5.74) is 0. The molecule has 0 N–H and O–H groups in total. The fourth-order valence-electron chi connectivity index (χ4n) is 5.95. The second-order valence-electron chi connectivity index (χ2n) is 14.4. The Kier molecular flexibility index (Phi) is 67.0. The second kappa shape index (κ2) is 61.5. The first-order chi connectivity index (χ1) is 26.2. The molecule has 8 nitrogen and oxygen atoms in total. The molecule has 0 saturated heterocycles. The van der Waals surface area contributed by atoms with Crippen LogP contribution in [-0.2, 0) is 37.3 Å². The van der Waals surface area contributed by atoms with Crippen molar-refractivity contribution in [3.8, 4) is 0 Å². The van der Waals surface area contributed by atoms with Gasteiger partial charge in [-0.25, -0.2) is 0 Å². The van der Waals surface area contributed by atoms with Crippen molar-refractivity contribution in [3.05, 3.63) is 0 Å². The van der Waals surface area contributed by atoms with E-state index in [1.807, 2.05) is 7.11 Å². The molecule has 0 atom stereocenters. The highest BCUT2D eigenvalue weighted by Crippen LogP contribution is 2.13. The van der Waals surface area contributed by atoms with E-state index in [1.165, 1.54) is 202 Å². The van der Waals surface area contributed by atoms with Gasteiger partial charge in [0.15, 0.2) is 19.5 Å². The Hall–Kier alpha value is 0.331. The van der Waals surface area contributed by atoms with E-state index in [0.29, 0.717) is 20.4 Å². The van der Waals surface area contributed by atoms with Crippen molar-refractivity contribution >= 4 is 29.8 Å². The predicted octanol–water partition coefficient (Wildman–Crippen LogP) is 9.82. The van der Waals surface area contributed by atoms with Crippen LogP contribution < -0.4 is 0 Å². The van der Waals surface area contributed by atoms with E-state index >= 15 is 0 Å². The Morgan fingerprint density at radius 3 is 0.925 bits per heavy atom. The summed E-state index contributed by atoms with van der Waals surface area (Å²) in [5, 5.41) is 0. The molecule has 0 amide bonds. The molecule has 0 aromatic carbocycles. The Morgan fingerprint density at radius 2 is 0.642 bits per heavy atom. The van der Waals surface area contributed by atoms with Crippen molar-refractivity contribution in [2.75, 3.05) is 75.2 Å². The highest BCUT2D eigenvalue weighted by atomic mass is 28.2. The minimum Gasteiger partial charge on any atom is -0.427 e. The van der Waals surface area contributed by atoms with Gasteiger partial charge >= 0.3 is 0 Å². The van der Waals surface area contributed by atoms with Crippen LogP contribution in [0.15, 0.2) is 0 Å². The third-order valence-corrected chi connectivity index (χ3v) is 12.6. The maximum atomic E-state index is 5.46. The van der Waals surface area contributed by atoms with E-state index < -0.39 is 0 Å². The fourth-order valence-corrected chi connectivity index (χ4v) is 8.35. The van der Waals surface area contributed by atoms with Gasteiger partial charge < -0.3 is 37.3 Å². The summed E-state index contributed by atoms with van der Waals surface area (Å²) >= 11 is 0. The van der Waals surface area contributed by atoms with Crippen LogP contribution in [-0.4, -0.2) is 105 Å². The molecule has 53 heavy (non-hydrogen) atoms. The lowest BCUT2D eigenvalue weighted by Crippen LogP contribution is -1.98. The van der Waals surface area contributed by atoms with Gasteiger partial charge in [-0.3, -0.25) is 0 Å². The number of hydrogen-bond donors (Lipinski definition) is 0. The average Bonchev–Trinajstić information content (AvgIpc) is 3.17. The zero-order valence-corrected chi connectivity index (χ0v) is 41.7. The predicted molar refractivity (Wildman–Crippen MR) is 238 cm³/mol. The van der Waals surface area contributed by atoms with Gasteiger partial charge in [-0.1, -0.05) is 160 Å². The maximum Gasteiger partial charge on any atom is 0.161 e. The Morgan fingerprint density at radius 1 is 0.358 bits per heavy atom. The fraction of sp³-hybridized carbons (Fsp3) is 1.00. The van der Waals surface area contributed by atoms with Gasteiger partial charge in [0.1, 0.15) is 20.4 Å². The largest absolute Gasteiger partial charge is 0.427 e. The number of hydrogen-bond acceptors (Lipinski definition) is 8. The van der Waals surface area contributed by atoms with Gasteiger partial charge in [0, 0.05) is 65.1 Å². The summed E-state index contributed by atoms with van der Waals surface area (Å²) in [6.45, 7) is 6.88. The minimum atomic E-state index is -0.169. The number of rotatable bonds is 44. The third kappa shape index (κ3) is 67.5. The molecule has 0 spiro atoms. The smallest absolute Gasteiger partial charge is 0.161 e. The van der Waals surface area contributed by atoms with Gasteiger partial charge in [-0.05, 0) is 38.3 Å². The molecule has 324 valence electrons. The number of methoxy groups -OCH3 is 3. The molecule has 0 fully saturated rings. The maximum absolute atomic E-state index is 5.46. The molecule has 0 bridgehead atoms. The van der Waals surface area contributed by atoms with Gasteiger partial charge in [-0.15, -0.1) is 0 Å². The van der Waals surface area contributed by atoms with Crippen molar-refractivity contribution in [2.45, 2.75) is 198 Å². The quantitative estimate of drug-likeness (QED) is 0.0342. The van der Waals surface area contributed by atoms with Crippen LogP contribution in [0.5, 0.6) is 0 Å². The molecule has 0 aromatic rings. The first kappa shape index (κ1) is 57.7. The standard InChI is InChI=1S/C15H34O3Si.C14H32O3Si.C13H30O2Si/c1-3-18-19-14-12-10-8-6-4-5-7-9-11-13-17-15-16-2;1-15-14-17-12-10-8-6-4-3-5-7-9-11-13-18-16-2;1-14-13-15-11-9-7-5-3-2-4-6-8-10-12-16/h3-15,19H2,1-2H3;3-14,18H2,1-2H3;2-13H2,1,16H3. The van der Waals surface area contributed by atoms with Crippen LogP contribution >= 0.6 is 0 Å². The van der Waals surface area contributed by atoms with Crippen molar-refractivity contribution in [3.63, 3.8) is 0 Å². The topological polar surface area (TPSA) is 73.8 Å². The third-order valence-electron chi connectivity index (χ3n) is 9.16. The summed E-state index contributed by atoms with van der Waals surface area (Å²) in [7, 11) is 7.90. The summed E-state index contributed by atoms with van der Waals surface area (Å²) in [4.78, 5) is 0. The molecule has 11 heteroatoms. The van der Waals surface area contributed by atoms with E-state index in [-0.39, 0.29) is 19.5 Å². The van der Waals surface area contributed by atoms with Crippen molar-refractivity contribution in [1.29, 1.82) is 0 Å². The van der Waals surface area contributed by atoms with Crippen molar-refractivity contribution in [1.82, 2.24) is 0 Å². The normalized spacial score (nSPS) is 11.5. The average molecular weight is 813 g/mol. The van der Waals surface area contributed by atoms with Crippen LogP contribution in [0.4, 0.5) is 0 Å². The molecule has 0 aliphatic carbocycles. The monoisotopic (exact) mass is 813 g/mol. The highest BCUT2D eigenvalue weighted by molar-refractivity contribution is 6.27. The number of ether oxygens (including phenoxy) is 6. The Labute approximate surface area is 339 Å². The van der Waals surface area contributed by atoms with Crippen LogP contribution in [0, 0.1) is 0 Å². The Balaban J connectivity index is -0.000000710. The van der Waals surface area contributed by atoms with Gasteiger partial charge in [0.2, 0.25) is 0 Å². The van der Waals surface area contributed by atoms with E-state index in [9.17, 15) is 0 Å². The highest BCUT2D eigenvalue weighted by Gasteiger charge is 1.96. The molecule has 0 radical (unpaired) electrons. The van der Waals surface area contributed by atoms with Crippen molar-refractivity contribution < 1.29 is 37.3 Å². The van der Waals surface area contributed by atoms with Gasteiger partial charge in [-0.2, -0.15) is 0 Å². The first-order valence-corrected chi connectivity index (χ1v) is 27.1. The molecule has 0 aromatic heterocycles. The Bertz CT molecular complexity index is 524. The summed E-state index contributed by atoms with van der Waals surface area (Å²) in [5.74, 6) is 0. The molecule has 0 saturated carbocycles. The lowest BCUT2D eigenvalue weighted by atomic mass is 10.1. The zero-order valence-electron chi connectivity index (χ0n) is 36.8. The lowest BCUT2D eigenvalue weighted by molar-refractivity contribution is -0.0317. The van der Waals surface area contributed by atoms with Crippen LogP contribution in [0.1, 0.15) is 180 Å². The number of unbranched alkanes of at least 4 members (excludes halogenated alkanes) is 24. The van der Waals surface area contributed by atoms with E-state index in [0.717, 1.165) is 26.4 Å². The van der Waals surface area contributed by atoms with E-state index in [1.54, 1.807) is 21.3 Å². The van der Waals surface area contributed by atoms with Gasteiger partial charge in [0.05, 0.1) is 0 Å².